The lowest BCUT2D eigenvalue weighted by atomic mass is 9.90. The number of rotatable bonds is 3. The minimum Gasteiger partial charge on any atom is -0.336 e. The van der Waals surface area contributed by atoms with Gasteiger partial charge in [-0.05, 0) is 35.0 Å². The van der Waals surface area contributed by atoms with Gasteiger partial charge >= 0.3 is 0 Å². The minimum atomic E-state index is 0.594. The summed E-state index contributed by atoms with van der Waals surface area (Å²) in [5, 5.41) is 16.7. The molecule has 2 radical (unpaired) electrons. The first-order valence-electron chi connectivity index (χ1n) is 8.39. The number of benzene rings is 3. The van der Waals surface area contributed by atoms with Gasteiger partial charge in [0.05, 0.1) is 0 Å². The summed E-state index contributed by atoms with van der Waals surface area (Å²) in [7, 11) is 6.17. The highest BCUT2D eigenvalue weighted by Gasteiger charge is 2.13. The van der Waals surface area contributed by atoms with E-state index in [4.69, 9.17) is 7.85 Å². The zero-order chi connectivity index (χ0) is 17.5. The highest BCUT2D eigenvalue weighted by atomic mass is 15.5. The molecule has 122 valence electrons. The number of tetrazole rings is 1. The Morgan fingerprint density at radius 3 is 2.54 bits per heavy atom. The molecule has 1 N–H and O–H groups in total. The predicted octanol–water partition coefficient (Wildman–Crippen LogP) is 2.82. The van der Waals surface area contributed by atoms with Crippen LogP contribution in [0, 0.1) is 0 Å². The molecule has 6 heteroatoms. The maximum absolute atomic E-state index is 6.17. The molecule has 3 aromatic carbocycles. The lowest BCUT2D eigenvalue weighted by molar-refractivity contribution is 0.874. The first-order chi connectivity index (χ1) is 12.8. The normalized spacial score (nSPS) is 11.4. The fraction of sp³-hybridized carbons (Fsp3) is 0.0500. The van der Waals surface area contributed by atoms with Crippen molar-refractivity contribution >= 4 is 35.1 Å². The van der Waals surface area contributed by atoms with Gasteiger partial charge in [-0.2, -0.15) is 5.21 Å². The van der Waals surface area contributed by atoms with Crippen LogP contribution in [0.25, 0.3) is 33.2 Å². The lowest BCUT2D eigenvalue weighted by Gasteiger charge is -2.10. The standard InChI is InChI=1S/C20H14BN5/c21-17-7-3-1-5-14(17)12-26-18-8-4-2-6-15(18)16-11-13(9-10-19(16)26)20-22-24-25-23-20/h1-11H,12H2,(H,22,23,24,25). The first-order valence-corrected chi connectivity index (χ1v) is 8.39. The number of hydrogen-bond acceptors (Lipinski definition) is 3. The summed E-state index contributed by atoms with van der Waals surface area (Å²) in [6.07, 6.45) is 0. The molecule has 0 saturated heterocycles. The van der Waals surface area contributed by atoms with Crippen LogP contribution in [0.3, 0.4) is 0 Å². The Balaban J connectivity index is 1.75. The average molecular weight is 335 g/mol. The van der Waals surface area contributed by atoms with Gasteiger partial charge in [0.15, 0.2) is 0 Å². The van der Waals surface area contributed by atoms with E-state index in [0.717, 1.165) is 34.0 Å². The van der Waals surface area contributed by atoms with Crippen LogP contribution in [0.4, 0.5) is 0 Å². The maximum atomic E-state index is 6.17. The van der Waals surface area contributed by atoms with Gasteiger partial charge in [-0.15, -0.1) is 10.2 Å². The number of fused-ring (bicyclic) bond motifs is 3. The Labute approximate surface area is 151 Å². The molecule has 0 spiro atoms. The monoisotopic (exact) mass is 335 g/mol. The van der Waals surface area contributed by atoms with Crippen LogP contribution in [-0.2, 0) is 6.54 Å². The van der Waals surface area contributed by atoms with Crippen LogP contribution in [0.2, 0.25) is 0 Å². The fourth-order valence-electron chi connectivity index (χ4n) is 3.50. The van der Waals surface area contributed by atoms with E-state index >= 15 is 0 Å². The van der Waals surface area contributed by atoms with Gasteiger partial charge in [0.2, 0.25) is 5.82 Å². The highest BCUT2D eigenvalue weighted by molar-refractivity contribution is 6.33. The summed E-state index contributed by atoms with van der Waals surface area (Å²) in [5.41, 5.74) is 5.19. The largest absolute Gasteiger partial charge is 0.336 e. The van der Waals surface area contributed by atoms with Crippen LogP contribution >= 0.6 is 0 Å². The van der Waals surface area contributed by atoms with Crippen LogP contribution in [0.15, 0.2) is 66.7 Å². The van der Waals surface area contributed by atoms with Gasteiger partial charge in [0, 0.05) is 33.9 Å². The molecule has 0 saturated carbocycles. The Morgan fingerprint density at radius 1 is 0.885 bits per heavy atom. The van der Waals surface area contributed by atoms with Gasteiger partial charge < -0.3 is 4.57 Å². The number of para-hydroxylation sites is 1. The predicted molar refractivity (Wildman–Crippen MR) is 104 cm³/mol. The smallest absolute Gasteiger partial charge is 0.204 e. The van der Waals surface area contributed by atoms with E-state index in [2.05, 4.69) is 67.7 Å². The SMILES string of the molecule is [B]c1ccccc1Cn1c2ccccc2c2cc(-c3nn[nH]n3)ccc21. The van der Waals surface area contributed by atoms with Gasteiger partial charge in [0.25, 0.3) is 0 Å². The summed E-state index contributed by atoms with van der Waals surface area (Å²) in [6.45, 7) is 0.720. The number of nitrogens with zero attached hydrogens (tertiary/aromatic N) is 4. The van der Waals surface area contributed by atoms with Crippen LogP contribution in [0.5, 0.6) is 0 Å². The highest BCUT2D eigenvalue weighted by Crippen LogP contribution is 2.32. The summed E-state index contributed by atoms with van der Waals surface area (Å²) >= 11 is 0. The fourth-order valence-corrected chi connectivity index (χ4v) is 3.50. The van der Waals surface area contributed by atoms with Crippen molar-refractivity contribution in [2.75, 3.05) is 0 Å². The van der Waals surface area contributed by atoms with E-state index in [1.807, 2.05) is 24.3 Å². The second kappa shape index (κ2) is 5.84. The van der Waals surface area contributed by atoms with E-state index in [-0.39, 0.29) is 0 Å². The molecule has 0 aliphatic rings. The van der Waals surface area contributed by atoms with E-state index in [1.165, 1.54) is 10.9 Å². The topological polar surface area (TPSA) is 59.4 Å². The molecular weight excluding hydrogens is 321 g/mol. The van der Waals surface area contributed by atoms with Crippen molar-refractivity contribution in [1.82, 2.24) is 25.2 Å². The molecule has 0 amide bonds. The molecule has 0 atom stereocenters. The van der Waals surface area contributed by atoms with Gasteiger partial charge in [-0.1, -0.05) is 47.9 Å². The Bertz CT molecular complexity index is 1220. The van der Waals surface area contributed by atoms with Crippen LogP contribution < -0.4 is 5.46 Å². The molecule has 0 bridgehead atoms. The van der Waals surface area contributed by atoms with Crippen molar-refractivity contribution in [3.63, 3.8) is 0 Å². The number of aromatic amines is 1. The third kappa shape index (κ3) is 2.30. The zero-order valence-electron chi connectivity index (χ0n) is 13.9. The molecular formula is C20H14BN5. The second-order valence-corrected chi connectivity index (χ2v) is 6.27. The summed E-state index contributed by atoms with van der Waals surface area (Å²) in [4.78, 5) is 0. The van der Waals surface area contributed by atoms with Gasteiger partial charge in [0.1, 0.15) is 7.85 Å². The van der Waals surface area contributed by atoms with Crippen molar-refractivity contribution in [3.05, 3.63) is 72.3 Å². The van der Waals surface area contributed by atoms with Crippen molar-refractivity contribution in [3.8, 4) is 11.4 Å². The number of H-pyrrole nitrogens is 1. The molecule has 26 heavy (non-hydrogen) atoms. The maximum Gasteiger partial charge on any atom is 0.204 e. The molecule has 2 aromatic heterocycles. The Morgan fingerprint density at radius 2 is 1.69 bits per heavy atom. The van der Waals surface area contributed by atoms with E-state index in [9.17, 15) is 0 Å². The molecule has 5 aromatic rings. The second-order valence-electron chi connectivity index (χ2n) is 6.27. The number of hydrogen-bond donors (Lipinski definition) is 1. The quantitative estimate of drug-likeness (QED) is 0.516. The minimum absolute atomic E-state index is 0.594. The van der Waals surface area contributed by atoms with Crippen molar-refractivity contribution in [2.24, 2.45) is 0 Å². The van der Waals surface area contributed by atoms with Crippen molar-refractivity contribution in [2.45, 2.75) is 6.54 Å². The van der Waals surface area contributed by atoms with Crippen molar-refractivity contribution < 1.29 is 0 Å². The zero-order valence-corrected chi connectivity index (χ0v) is 13.9. The molecule has 5 rings (SSSR count). The average Bonchev–Trinajstić information content (AvgIpc) is 3.31. The van der Waals surface area contributed by atoms with E-state index in [1.54, 1.807) is 0 Å². The molecule has 0 aliphatic heterocycles. The molecule has 0 aliphatic carbocycles. The lowest BCUT2D eigenvalue weighted by Crippen LogP contribution is -2.13. The molecule has 5 nitrogen and oxygen atoms in total. The summed E-state index contributed by atoms with van der Waals surface area (Å²) < 4.78 is 2.30. The van der Waals surface area contributed by atoms with Crippen molar-refractivity contribution in [1.29, 1.82) is 0 Å². The third-order valence-corrected chi connectivity index (χ3v) is 4.76. The van der Waals surface area contributed by atoms with Crippen LogP contribution in [0.1, 0.15) is 5.56 Å². The molecule has 0 unspecified atom stereocenters. The van der Waals surface area contributed by atoms with Crippen LogP contribution in [-0.4, -0.2) is 33.0 Å². The van der Waals surface area contributed by atoms with E-state index < -0.39 is 0 Å². The Kier molecular flexibility index (Phi) is 3.35. The Hall–Kier alpha value is -3.41. The third-order valence-electron chi connectivity index (χ3n) is 4.76. The molecule has 0 fully saturated rings. The van der Waals surface area contributed by atoms with Gasteiger partial charge in [-0.25, -0.2) is 0 Å². The first kappa shape index (κ1) is 14.9. The van der Waals surface area contributed by atoms with E-state index in [0.29, 0.717) is 5.82 Å². The summed E-state index contributed by atoms with van der Waals surface area (Å²) in [5.74, 6) is 0.594. The molecule has 2 heterocycles. The summed E-state index contributed by atoms with van der Waals surface area (Å²) in [6, 6.07) is 22.7. The number of nitrogens with one attached hydrogen (secondary N) is 1. The van der Waals surface area contributed by atoms with Gasteiger partial charge in [-0.3, -0.25) is 0 Å². The number of aromatic nitrogens is 5.